The van der Waals surface area contributed by atoms with E-state index in [-0.39, 0.29) is 17.9 Å². The van der Waals surface area contributed by atoms with E-state index in [2.05, 4.69) is 32.8 Å². The highest BCUT2D eigenvalue weighted by Crippen LogP contribution is 2.57. The van der Waals surface area contributed by atoms with E-state index in [1.807, 2.05) is 30.5 Å². The number of nitrogens with two attached hydrogens (primary N) is 1. The number of pyridine rings is 1. The highest BCUT2D eigenvalue weighted by atomic mass is 16.2. The Kier molecular flexibility index (Phi) is 5.08. The number of amides is 2. The third-order valence-electron chi connectivity index (χ3n) is 6.57. The Labute approximate surface area is 192 Å². The smallest absolute Gasteiger partial charge is 0.254 e. The average Bonchev–Trinajstić information content (AvgIpc) is 3.54. The first-order valence-corrected chi connectivity index (χ1v) is 11.1. The van der Waals surface area contributed by atoms with Crippen LogP contribution >= 0.6 is 0 Å². The lowest BCUT2D eigenvalue weighted by molar-refractivity contribution is -0.118. The van der Waals surface area contributed by atoms with Crippen LogP contribution in [0.2, 0.25) is 0 Å². The number of benzene rings is 1. The van der Waals surface area contributed by atoms with E-state index in [9.17, 15) is 9.59 Å². The lowest BCUT2D eigenvalue weighted by Gasteiger charge is -2.19. The second kappa shape index (κ2) is 7.95. The molecule has 0 bridgehead atoms. The fraction of sp³-hybridized carbons (Fsp3) is 0.320. The molecular formula is C25H26N6O2. The minimum atomic E-state index is -0.543. The molecule has 3 heterocycles. The Morgan fingerprint density at radius 3 is 2.55 bits per heavy atom. The third-order valence-corrected chi connectivity index (χ3v) is 6.57. The van der Waals surface area contributed by atoms with Gasteiger partial charge in [0.05, 0.1) is 12.2 Å². The van der Waals surface area contributed by atoms with Crippen molar-refractivity contribution in [3.05, 3.63) is 65.6 Å². The van der Waals surface area contributed by atoms with Crippen molar-refractivity contribution in [2.24, 2.45) is 5.73 Å². The third kappa shape index (κ3) is 3.82. The zero-order chi connectivity index (χ0) is 23.2. The Bertz CT molecular complexity index is 1240. The molecule has 33 heavy (non-hydrogen) atoms. The van der Waals surface area contributed by atoms with Crippen molar-refractivity contribution in [3.8, 4) is 11.3 Å². The Hall–Kier alpha value is -3.81. The van der Waals surface area contributed by atoms with Crippen LogP contribution in [-0.2, 0) is 16.6 Å². The molecule has 1 fully saturated rings. The van der Waals surface area contributed by atoms with E-state index in [1.54, 1.807) is 19.4 Å². The summed E-state index contributed by atoms with van der Waals surface area (Å²) in [6.07, 6.45) is 8.57. The van der Waals surface area contributed by atoms with Gasteiger partial charge in [0.1, 0.15) is 0 Å². The van der Waals surface area contributed by atoms with Crippen molar-refractivity contribution < 1.29 is 9.59 Å². The summed E-state index contributed by atoms with van der Waals surface area (Å²) in [5, 5.41) is 0. The molecule has 2 aliphatic rings. The zero-order valence-electron chi connectivity index (χ0n) is 18.8. The second-order valence-electron chi connectivity index (χ2n) is 8.90. The number of primary amides is 1. The summed E-state index contributed by atoms with van der Waals surface area (Å²) < 4.78 is 0. The molecule has 1 saturated carbocycles. The molecule has 1 aromatic carbocycles. The number of rotatable bonds is 6. The molecule has 8 heteroatoms. The van der Waals surface area contributed by atoms with Gasteiger partial charge in [-0.25, -0.2) is 9.97 Å². The molecule has 8 nitrogen and oxygen atoms in total. The number of aryl methyl sites for hydroxylation is 1. The molecule has 2 aromatic heterocycles. The molecular weight excluding hydrogens is 416 g/mol. The maximum atomic E-state index is 12.8. The lowest BCUT2D eigenvalue weighted by atomic mass is 9.97. The second-order valence-corrected chi connectivity index (χ2v) is 8.90. The lowest BCUT2D eigenvalue weighted by Crippen LogP contribution is -2.35. The number of hydrogen-bond acceptors (Lipinski definition) is 6. The van der Waals surface area contributed by atoms with Gasteiger partial charge in [-0.2, -0.15) is 0 Å². The molecule has 0 atom stereocenters. The first-order chi connectivity index (χ1) is 15.9. The SMILES string of the molecule is CCc1ccnc(-c2cnc(N3CC4(CC4)c4ccc(C(=O)N(C)CC(N)=O)cc43)nc2)c1. The maximum Gasteiger partial charge on any atom is 0.254 e. The number of fused-ring (bicyclic) bond motifs is 2. The van der Waals surface area contributed by atoms with Crippen LogP contribution in [0.1, 0.15) is 41.3 Å². The quantitative estimate of drug-likeness (QED) is 0.629. The van der Waals surface area contributed by atoms with E-state index < -0.39 is 5.91 Å². The van der Waals surface area contributed by atoms with Crippen LogP contribution in [0, 0.1) is 0 Å². The predicted octanol–water partition coefficient (Wildman–Crippen LogP) is 2.84. The van der Waals surface area contributed by atoms with Gasteiger partial charge in [-0.05, 0) is 54.7 Å². The summed E-state index contributed by atoms with van der Waals surface area (Å²) in [4.78, 5) is 41.2. The van der Waals surface area contributed by atoms with E-state index in [0.717, 1.165) is 42.8 Å². The summed E-state index contributed by atoms with van der Waals surface area (Å²) in [6.45, 7) is 2.78. The number of carbonyl (C=O) groups excluding carboxylic acids is 2. The molecule has 1 spiro atoms. The molecule has 0 radical (unpaired) electrons. The standard InChI is InChI=1S/C25H26N6O2/c1-3-16-6-9-27-20(10-16)18-12-28-24(29-13-18)31-15-25(7-8-25)19-5-4-17(11-21(19)31)23(33)30(2)14-22(26)32/h4-6,9-13H,3,7-8,14-15H2,1-2H3,(H2,26,32). The topological polar surface area (TPSA) is 105 Å². The number of likely N-dealkylation sites (N-methyl/N-ethyl adjacent to an activating group) is 1. The summed E-state index contributed by atoms with van der Waals surface area (Å²) in [5.41, 5.74) is 11.0. The Morgan fingerprint density at radius 2 is 1.88 bits per heavy atom. The first-order valence-electron chi connectivity index (χ1n) is 11.1. The van der Waals surface area contributed by atoms with Crippen molar-refractivity contribution in [1.29, 1.82) is 0 Å². The number of aromatic nitrogens is 3. The van der Waals surface area contributed by atoms with Crippen molar-refractivity contribution in [2.45, 2.75) is 31.6 Å². The van der Waals surface area contributed by atoms with Crippen LogP contribution < -0.4 is 10.6 Å². The fourth-order valence-corrected chi connectivity index (χ4v) is 4.54. The molecule has 168 valence electrons. The highest BCUT2D eigenvalue weighted by molar-refractivity contribution is 5.97. The number of carbonyl (C=O) groups is 2. The summed E-state index contributed by atoms with van der Waals surface area (Å²) >= 11 is 0. The maximum absolute atomic E-state index is 12.8. The molecule has 3 aromatic rings. The Morgan fingerprint density at radius 1 is 1.12 bits per heavy atom. The average molecular weight is 443 g/mol. The van der Waals surface area contributed by atoms with Gasteiger partial charge in [0, 0.05) is 54.4 Å². The van der Waals surface area contributed by atoms with Crippen molar-refractivity contribution >= 4 is 23.5 Å². The van der Waals surface area contributed by atoms with Crippen molar-refractivity contribution in [1.82, 2.24) is 19.9 Å². The van der Waals surface area contributed by atoms with Crippen LogP contribution in [0.25, 0.3) is 11.3 Å². The van der Waals surface area contributed by atoms with Gasteiger partial charge < -0.3 is 15.5 Å². The summed E-state index contributed by atoms with van der Waals surface area (Å²) in [6, 6.07) is 9.81. The van der Waals surface area contributed by atoms with Gasteiger partial charge in [-0.1, -0.05) is 13.0 Å². The minimum Gasteiger partial charge on any atom is -0.368 e. The molecule has 0 unspecified atom stereocenters. The monoisotopic (exact) mass is 442 g/mol. The molecule has 0 saturated heterocycles. The van der Waals surface area contributed by atoms with Gasteiger partial charge in [0.15, 0.2) is 0 Å². The van der Waals surface area contributed by atoms with E-state index in [1.165, 1.54) is 16.0 Å². The first kappa shape index (κ1) is 21.1. The molecule has 2 N–H and O–H groups in total. The van der Waals surface area contributed by atoms with Crippen LogP contribution in [-0.4, -0.2) is 51.8 Å². The van der Waals surface area contributed by atoms with E-state index in [0.29, 0.717) is 11.5 Å². The fourth-order valence-electron chi connectivity index (χ4n) is 4.54. The number of hydrogen-bond donors (Lipinski definition) is 1. The van der Waals surface area contributed by atoms with Crippen molar-refractivity contribution in [2.75, 3.05) is 25.0 Å². The molecule has 5 rings (SSSR count). The number of nitrogens with zero attached hydrogens (tertiary/aromatic N) is 5. The van der Waals surface area contributed by atoms with Crippen LogP contribution in [0.4, 0.5) is 11.6 Å². The molecule has 2 amide bonds. The minimum absolute atomic E-state index is 0.106. The van der Waals surface area contributed by atoms with Gasteiger partial charge in [-0.3, -0.25) is 14.6 Å². The predicted molar refractivity (Wildman–Crippen MR) is 125 cm³/mol. The largest absolute Gasteiger partial charge is 0.368 e. The summed E-state index contributed by atoms with van der Waals surface area (Å²) in [5.74, 6) is -0.185. The van der Waals surface area contributed by atoms with Crippen LogP contribution in [0.15, 0.2) is 48.9 Å². The van der Waals surface area contributed by atoms with Gasteiger partial charge in [0.25, 0.3) is 5.91 Å². The number of anilines is 2. The Balaban J connectivity index is 1.46. The van der Waals surface area contributed by atoms with Gasteiger partial charge >= 0.3 is 0 Å². The van der Waals surface area contributed by atoms with E-state index in [4.69, 9.17) is 5.73 Å². The normalized spacial score (nSPS) is 15.4. The highest BCUT2D eigenvalue weighted by Gasteiger charge is 2.52. The molecule has 1 aliphatic carbocycles. The summed E-state index contributed by atoms with van der Waals surface area (Å²) in [7, 11) is 1.57. The van der Waals surface area contributed by atoms with Gasteiger partial charge in [-0.15, -0.1) is 0 Å². The molecule has 1 aliphatic heterocycles. The zero-order valence-corrected chi connectivity index (χ0v) is 18.8. The van der Waals surface area contributed by atoms with E-state index >= 15 is 0 Å². The van der Waals surface area contributed by atoms with Gasteiger partial charge in [0.2, 0.25) is 11.9 Å². The van der Waals surface area contributed by atoms with Crippen LogP contribution in [0.3, 0.4) is 0 Å². The van der Waals surface area contributed by atoms with Crippen molar-refractivity contribution in [3.63, 3.8) is 0 Å². The van der Waals surface area contributed by atoms with Crippen LogP contribution in [0.5, 0.6) is 0 Å².